The number of hydrogen-bond donors (Lipinski definition) is 0. The molecular weight excluding hydrogens is 282 g/mol. The van der Waals surface area contributed by atoms with Crippen molar-refractivity contribution in [2.75, 3.05) is 42.3 Å². The normalized spacial score (nSPS) is 7.95. The quantitative estimate of drug-likeness (QED) is 0.487. The van der Waals surface area contributed by atoms with Crippen LogP contribution in [0.5, 0.6) is 0 Å². The number of nitrogens with zero attached hydrogens (tertiary/aromatic N) is 3. The molecule has 4 heteroatoms. The Hall–Kier alpha value is -0.0557. The van der Waals surface area contributed by atoms with Gasteiger partial charge in [0.05, 0.1) is 0 Å². The van der Waals surface area contributed by atoms with Crippen LogP contribution in [0.4, 0.5) is 0 Å². The van der Waals surface area contributed by atoms with Gasteiger partial charge in [-0.15, -0.1) is 0 Å². The summed E-state index contributed by atoms with van der Waals surface area (Å²) in [4.78, 5) is 0. The van der Waals surface area contributed by atoms with E-state index >= 15 is 0 Å². The maximum atomic E-state index is 3.50. The first-order valence-corrected chi connectivity index (χ1v) is 6.43. The molecule has 0 N–H and O–H groups in total. The fourth-order valence-corrected chi connectivity index (χ4v) is 1.41. The molecule has 1 rings (SSSR count). The minimum absolute atomic E-state index is 0. The second kappa shape index (κ2) is 18.9. The summed E-state index contributed by atoms with van der Waals surface area (Å²) in [6.07, 6.45) is 0. The zero-order chi connectivity index (χ0) is 16.0. The molecule has 0 bridgehead atoms. The summed E-state index contributed by atoms with van der Waals surface area (Å²) in [7, 11) is 10.5. The number of hydrogen-bond acceptors (Lipinski definition) is 0. The molecule has 0 aromatic heterocycles. The Labute approximate surface area is 142 Å². The molecule has 0 amide bonds. The van der Waals surface area contributed by atoms with Crippen LogP contribution in [0, 0.1) is 34.6 Å². The van der Waals surface area contributed by atoms with Crippen LogP contribution < -0.4 is 0 Å². The summed E-state index contributed by atoms with van der Waals surface area (Å²) < 4.78 is 0. The third-order valence-electron chi connectivity index (χ3n) is 2.81. The molecule has 0 spiro atoms. The van der Waals surface area contributed by atoms with Crippen LogP contribution in [0.1, 0.15) is 27.8 Å². The van der Waals surface area contributed by atoms with Crippen molar-refractivity contribution in [3.63, 3.8) is 0 Å². The number of rotatable bonds is 0. The zero-order valence-electron chi connectivity index (χ0n) is 15.3. The third-order valence-corrected chi connectivity index (χ3v) is 2.81. The zero-order valence-corrected chi connectivity index (χ0v) is 16.9. The molecule has 116 valence electrons. The Balaban J connectivity index is -0.000000108. The molecule has 0 atom stereocenters. The standard InChI is InChI=1S/C10H15.3C2H6N.Ti/c1-6-7(2)9(4)10(5)8(6)3;3*1-3-2;/h1-5H3;3*1-2H3;/q4*-1;+4. The van der Waals surface area contributed by atoms with Crippen molar-refractivity contribution < 1.29 is 21.7 Å². The Bertz CT molecular complexity index is 222. The predicted molar refractivity (Wildman–Crippen MR) is 91.3 cm³/mol. The van der Waals surface area contributed by atoms with Gasteiger partial charge in [0, 0.05) is 0 Å². The van der Waals surface area contributed by atoms with Gasteiger partial charge >= 0.3 is 21.7 Å². The first kappa shape index (κ1) is 28.2. The third kappa shape index (κ3) is 13.0. The van der Waals surface area contributed by atoms with Crippen LogP contribution in [0.15, 0.2) is 0 Å². The van der Waals surface area contributed by atoms with E-state index in [0.29, 0.717) is 0 Å². The average molecular weight is 315 g/mol. The minimum atomic E-state index is 0. The van der Waals surface area contributed by atoms with Crippen molar-refractivity contribution >= 4 is 0 Å². The van der Waals surface area contributed by atoms with E-state index in [9.17, 15) is 0 Å². The van der Waals surface area contributed by atoms with Crippen molar-refractivity contribution in [2.24, 2.45) is 0 Å². The van der Waals surface area contributed by atoms with Crippen molar-refractivity contribution in [2.45, 2.75) is 34.6 Å². The Morgan fingerprint density at radius 2 is 0.750 bits per heavy atom. The van der Waals surface area contributed by atoms with E-state index in [1.807, 2.05) is 0 Å². The van der Waals surface area contributed by atoms with Gasteiger partial charge in [0.25, 0.3) is 0 Å². The topological polar surface area (TPSA) is 42.3 Å². The maximum absolute atomic E-state index is 3.50. The van der Waals surface area contributed by atoms with Gasteiger partial charge in [-0.25, -0.2) is 0 Å². The molecular formula is C16H33N3Ti. The first-order chi connectivity index (χ1) is 8.80. The fraction of sp³-hybridized carbons (Fsp3) is 0.688. The van der Waals surface area contributed by atoms with Gasteiger partial charge in [-0.05, 0) is 0 Å². The van der Waals surface area contributed by atoms with E-state index in [-0.39, 0.29) is 21.7 Å². The minimum Gasteiger partial charge on any atom is -0.668 e. The largest absolute Gasteiger partial charge is 4.00 e. The maximum Gasteiger partial charge on any atom is 4.00 e. The molecule has 0 heterocycles. The van der Waals surface area contributed by atoms with E-state index in [1.54, 1.807) is 42.3 Å². The molecule has 20 heavy (non-hydrogen) atoms. The van der Waals surface area contributed by atoms with Gasteiger partial charge in [-0.2, -0.15) is 70.1 Å². The monoisotopic (exact) mass is 315 g/mol. The Morgan fingerprint density at radius 3 is 0.800 bits per heavy atom. The molecule has 1 aromatic rings. The fourth-order valence-electron chi connectivity index (χ4n) is 1.41. The van der Waals surface area contributed by atoms with Crippen LogP contribution in [-0.4, -0.2) is 42.3 Å². The van der Waals surface area contributed by atoms with Crippen LogP contribution >= 0.6 is 0 Å². The molecule has 0 aliphatic rings. The van der Waals surface area contributed by atoms with E-state index in [4.69, 9.17) is 0 Å². The summed E-state index contributed by atoms with van der Waals surface area (Å²) in [5, 5.41) is 10.5. The van der Waals surface area contributed by atoms with Crippen LogP contribution in [0.3, 0.4) is 0 Å². The van der Waals surface area contributed by atoms with Gasteiger partial charge in [0.2, 0.25) is 0 Å². The van der Waals surface area contributed by atoms with Crippen LogP contribution in [0.25, 0.3) is 16.0 Å². The molecule has 0 radical (unpaired) electrons. The Morgan fingerprint density at radius 1 is 0.600 bits per heavy atom. The van der Waals surface area contributed by atoms with Crippen molar-refractivity contribution in [3.05, 3.63) is 43.8 Å². The predicted octanol–water partition coefficient (Wildman–Crippen LogP) is 4.80. The smallest absolute Gasteiger partial charge is 0.668 e. The second-order valence-corrected chi connectivity index (χ2v) is 4.47. The van der Waals surface area contributed by atoms with Crippen molar-refractivity contribution in [3.8, 4) is 0 Å². The molecule has 0 aliphatic heterocycles. The summed E-state index contributed by atoms with van der Waals surface area (Å²) >= 11 is 0. The molecule has 0 saturated heterocycles. The first-order valence-electron chi connectivity index (χ1n) is 6.43. The van der Waals surface area contributed by atoms with Crippen molar-refractivity contribution in [1.29, 1.82) is 0 Å². The van der Waals surface area contributed by atoms with Crippen LogP contribution in [-0.2, 0) is 21.7 Å². The molecule has 0 saturated carbocycles. The second-order valence-electron chi connectivity index (χ2n) is 4.47. The van der Waals surface area contributed by atoms with Gasteiger partial charge in [-0.1, -0.05) is 34.6 Å². The van der Waals surface area contributed by atoms with E-state index < -0.39 is 0 Å². The SMILES string of the molecule is C[N-]C.C[N-]C.C[N-]C.Cc1c(C)c(C)[c-](C)c1C.[Ti+4]. The molecule has 0 unspecified atom stereocenters. The molecule has 3 nitrogen and oxygen atoms in total. The summed E-state index contributed by atoms with van der Waals surface area (Å²) in [5.41, 5.74) is 7.34. The van der Waals surface area contributed by atoms with E-state index in [2.05, 4.69) is 50.6 Å². The van der Waals surface area contributed by atoms with Gasteiger partial charge in [0.1, 0.15) is 0 Å². The van der Waals surface area contributed by atoms with Gasteiger partial charge in [-0.3, -0.25) is 0 Å². The van der Waals surface area contributed by atoms with E-state index in [0.717, 1.165) is 0 Å². The van der Waals surface area contributed by atoms with E-state index in [1.165, 1.54) is 27.8 Å². The summed E-state index contributed by atoms with van der Waals surface area (Å²) in [5.74, 6) is 0. The average Bonchev–Trinajstić information content (AvgIpc) is 2.51. The molecule has 1 aromatic carbocycles. The van der Waals surface area contributed by atoms with Crippen LogP contribution in [0.2, 0.25) is 0 Å². The summed E-state index contributed by atoms with van der Waals surface area (Å²) in [6, 6.07) is 0. The molecule has 0 fully saturated rings. The summed E-state index contributed by atoms with van der Waals surface area (Å²) in [6.45, 7) is 11.0. The Kier molecular flexibility index (Phi) is 26.7. The van der Waals surface area contributed by atoms with Crippen molar-refractivity contribution in [1.82, 2.24) is 0 Å². The van der Waals surface area contributed by atoms with Gasteiger partial charge in [0.15, 0.2) is 0 Å². The van der Waals surface area contributed by atoms with Gasteiger partial charge < -0.3 is 16.0 Å². The molecule has 0 aliphatic carbocycles.